The standard InChI is InChI=1S/C11H17BrN2OS/c1-8(14-16(15)11(2,3)4)9-6-5-7-10(12)13-9/h5-8,14H,1-4H3/t8-,16?/m1/s1. The van der Waals surface area contributed by atoms with E-state index in [9.17, 15) is 4.21 Å². The molecule has 0 saturated heterocycles. The van der Waals surface area contributed by atoms with Gasteiger partial charge < -0.3 is 0 Å². The first-order valence-electron chi connectivity index (χ1n) is 5.11. The fourth-order valence-electron chi connectivity index (χ4n) is 1.06. The van der Waals surface area contributed by atoms with Gasteiger partial charge in [-0.3, -0.25) is 0 Å². The Balaban J connectivity index is 2.73. The third-order valence-electron chi connectivity index (χ3n) is 2.02. The molecule has 3 nitrogen and oxygen atoms in total. The van der Waals surface area contributed by atoms with Gasteiger partial charge in [0.1, 0.15) is 4.60 Å². The first-order chi connectivity index (χ1) is 7.30. The van der Waals surface area contributed by atoms with Crippen molar-refractivity contribution in [2.75, 3.05) is 0 Å². The molecule has 0 aliphatic carbocycles. The van der Waals surface area contributed by atoms with Gasteiger partial charge in [0.2, 0.25) is 0 Å². The number of aromatic nitrogens is 1. The lowest BCUT2D eigenvalue weighted by Gasteiger charge is -2.21. The van der Waals surface area contributed by atoms with Gasteiger partial charge >= 0.3 is 0 Å². The van der Waals surface area contributed by atoms with Crippen molar-refractivity contribution in [1.82, 2.24) is 9.71 Å². The largest absolute Gasteiger partial charge is 0.244 e. The van der Waals surface area contributed by atoms with Crippen LogP contribution in [0, 0.1) is 0 Å². The molecule has 0 aliphatic heterocycles. The van der Waals surface area contributed by atoms with Gasteiger partial charge in [-0.15, -0.1) is 0 Å². The third-order valence-corrected chi connectivity index (χ3v) is 4.14. The molecule has 0 amide bonds. The second kappa shape index (κ2) is 5.38. The van der Waals surface area contributed by atoms with Crippen molar-refractivity contribution in [3.05, 3.63) is 28.5 Å². The lowest BCUT2D eigenvalue weighted by Crippen LogP contribution is -2.35. The molecule has 0 aliphatic rings. The maximum atomic E-state index is 11.9. The molecule has 0 radical (unpaired) electrons. The fourth-order valence-corrected chi connectivity index (χ4v) is 2.22. The van der Waals surface area contributed by atoms with Crippen LogP contribution in [-0.2, 0) is 11.0 Å². The summed E-state index contributed by atoms with van der Waals surface area (Å²) < 4.78 is 15.5. The highest BCUT2D eigenvalue weighted by Crippen LogP contribution is 2.17. The Kier molecular flexibility index (Phi) is 4.64. The van der Waals surface area contributed by atoms with E-state index in [1.54, 1.807) is 0 Å². The van der Waals surface area contributed by atoms with E-state index < -0.39 is 11.0 Å². The van der Waals surface area contributed by atoms with Crippen LogP contribution in [-0.4, -0.2) is 13.9 Å². The van der Waals surface area contributed by atoms with E-state index in [2.05, 4.69) is 25.6 Å². The molecule has 90 valence electrons. The summed E-state index contributed by atoms with van der Waals surface area (Å²) >= 11 is 3.32. The molecule has 5 heteroatoms. The van der Waals surface area contributed by atoms with E-state index in [0.29, 0.717) is 0 Å². The van der Waals surface area contributed by atoms with E-state index in [0.717, 1.165) is 10.3 Å². The van der Waals surface area contributed by atoms with Gasteiger partial charge in [-0.25, -0.2) is 13.9 Å². The molecular weight excluding hydrogens is 288 g/mol. The highest BCUT2D eigenvalue weighted by Gasteiger charge is 2.22. The molecule has 16 heavy (non-hydrogen) atoms. The van der Waals surface area contributed by atoms with Crippen LogP contribution in [0.2, 0.25) is 0 Å². The third kappa shape index (κ3) is 3.96. The van der Waals surface area contributed by atoms with Gasteiger partial charge in [0.15, 0.2) is 0 Å². The van der Waals surface area contributed by atoms with Crippen molar-refractivity contribution in [3.63, 3.8) is 0 Å². The summed E-state index contributed by atoms with van der Waals surface area (Å²) in [6.45, 7) is 7.78. The molecule has 1 aromatic rings. The Morgan fingerprint density at radius 2 is 2.06 bits per heavy atom. The normalized spacial score (nSPS) is 15.8. The first kappa shape index (κ1) is 13.8. The minimum Gasteiger partial charge on any atom is -0.244 e. The molecular formula is C11H17BrN2OS. The Morgan fingerprint density at radius 1 is 1.44 bits per heavy atom. The smallest absolute Gasteiger partial charge is 0.106 e. The van der Waals surface area contributed by atoms with Crippen LogP contribution in [0.4, 0.5) is 0 Å². The van der Waals surface area contributed by atoms with Gasteiger partial charge in [0.25, 0.3) is 0 Å². The lowest BCUT2D eigenvalue weighted by molar-refractivity contribution is 0.611. The second-order valence-electron chi connectivity index (χ2n) is 4.61. The number of pyridine rings is 1. The van der Waals surface area contributed by atoms with E-state index in [-0.39, 0.29) is 10.8 Å². The Morgan fingerprint density at radius 3 is 2.56 bits per heavy atom. The first-order valence-corrected chi connectivity index (χ1v) is 7.05. The molecule has 0 aromatic carbocycles. The molecule has 1 heterocycles. The van der Waals surface area contributed by atoms with Gasteiger partial charge in [-0.2, -0.15) is 0 Å². The van der Waals surface area contributed by atoms with Gasteiger partial charge in [-0.05, 0) is 55.8 Å². The SMILES string of the molecule is C[C@@H](NS(=O)C(C)(C)C)c1cccc(Br)n1. The molecule has 1 aromatic heterocycles. The zero-order valence-corrected chi connectivity index (χ0v) is 12.4. The summed E-state index contributed by atoms with van der Waals surface area (Å²) in [5.41, 5.74) is 0.881. The lowest BCUT2D eigenvalue weighted by atomic mass is 10.2. The average Bonchev–Trinajstić information content (AvgIpc) is 2.16. The number of rotatable bonds is 3. The summed E-state index contributed by atoms with van der Waals surface area (Å²) in [5.74, 6) is 0. The zero-order chi connectivity index (χ0) is 12.3. The van der Waals surface area contributed by atoms with Crippen LogP contribution in [0.1, 0.15) is 39.4 Å². The summed E-state index contributed by atoms with van der Waals surface area (Å²) in [4.78, 5) is 4.33. The summed E-state index contributed by atoms with van der Waals surface area (Å²) in [5, 5.41) is 0. The fraction of sp³-hybridized carbons (Fsp3) is 0.545. The molecule has 0 fully saturated rings. The number of nitrogens with zero attached hydrogens (tertiary/aromatic N) is 1. The topological polar surface area (TPSA) is 42.0 Å². The quantitative estimate of drug-likeness (QED) is 0.872. The van der Waals surface area contributed by atoms with E-state index in [1.807, 2.05) is 45.9 Å². The van der Waals surface area contributed by atoms with Gasteiger partial charge in [-0.1, -0.05) is 6.07 Å². The van der Waals surface area contributed by atoms with Crippen molar-refractivity contribution >= 4 is 26.9 Å². The number of nitrogens with one attached hydrogen (secondary N) is 1. The summed E-state index contributed by atoms with van der Waals surface area (Å²) in [6.07, 6.45) is 0. The zero-order valence-electron chi connectivity index (χ0n) is 9.95. The number of hydrogen-bond donors (Lipinski definition) is 1. The Hall–Kier alpha value is -0.260. The second-order valence-corrected chi connectivity index (χ2v) is 7.42. The molecule has 0 saturated carbocycles. The average molecular weight is 305 g/mol. The number of halogens is 1. The van der Waals surface area contributed by atoms with Crippen molar-refractivity contribution in [2.45, 2.75) is 38.5 Å². The van der Waals surface area contributed by atoms with Gasteiger partial charge in [0, 0.05) is 0 Å². The predicted molar refractivity (Wildman–Crippen MR) is 71.4 cm³/mol. The maximum absolute atomic E-state index is 11.9. The predicted octanol–water partition coefficient (Wildman–Crippen LogP) is 2.96. The summed E-state index contributed by atoms with van der Waals surface area (Å²) in [7, 11) is -1.08. The molecule has 2 atom stereocenters. The van der Waals surface area contributed by atoms with E-state index >= 15 is 0 Å². The molecule has 1 rings (SSSR count). The molecule has 0 bridgehead atoms. The van der Waals surface area contributed by atoms with E-state index in [4.69, 9.17) is 0 Å². The highest BCUT2D eigenvalue weighted by molar-refractivity contribution is 9.10. The van der Waals surface area contributed by atoms with Crippen LogP contribution in [0.5, 0.6) is 0 Å². The minimum absolute atomic E-state index is 0.0300. The van der Waals surface area contributed by atoms with Gasteiger partial charge in [0.05, 0.1) is 27.5 Å². The Bertz CT molecular complexity index is 390. The molecule has 1 unspecified atom stereocenters. The van der Waals surface area contributed by atoms with Crippen molar-refractivity contribution in [2.24, 2.45) is 0 Å². The van der Waals surface area contributed by atoms with E-state index in [1.165, 1.54) is 0 Å². The van der Waals surface area contributed by atoms with Crippen molar-refractivity contribution in [1.29, 1.82) is 0 Å². The van der Waals surface area contributed by atoms with Crippen LogP contribution in [0.15, 0.2) is 22.8 Å². The molecule has 1 N–H and O–H groups in total. The van der Waals surface area contributed by atoms with Crippen molar-refractivity contribution < 1.29 is 4.21 Å². The monoisotopic (exact) mass is 304 g/mol. The maximum Gasteiger partial charge on any atom is 0.106 e. The molecule has 0 spiro atoms. The summed E-state index contributed by atoms with van der Waals surface area (Å²) in [6, 6.07) is 5.68. The van der Waals surface area contributed by atoms with Crippen LogP contribution < -0.4 is 4.72 Å². The van der Waals surface area contributed by atoms with Crippen LogP contribution >= 0.6 is 15.9 Å². The van der Waals surface area contributed by atoms with Crippen molar-refractivity contribution in [3.8, 4) is 0 Å². The minimum atomic E-state index is -1.08. The van der Waals surface area contributed by atoms with Crippen LogP contribution in [0.3, 0.4) is 0 Å². The number of hydrogen-bond acceptors (Lipinski definition) is 2. The van der Waals surface area contributed by atoms with Crippen LogP contribution in [0.25, 0.3) is 0 Å². The Labute approximate surface area is 108 Å². The highest BCUT2D eigenvalue weighted by atomic mass is 79.9.